The quantitative estimate of drug-likeness (QED) is 0.767. The summed E-state index contributed by atoms with van der Waals surface area (Å²) in [6.45, 7) is 3.60. The van der Waals surface area contributed by atoms with Gasteiger partial charge in [-0.15, -0.1) is 19.0 Å². The van der Waals surface area contributed by atoms with Gasteiger partial charge in [-0.25, -0.2) is 4.39 Å². The number of benzene rings is 1. The molecule has 0 aromatic heterocycles. The van der Waals surface area contributed by atoms with Crippen LogP contribution in [0, 0.1) is 5.82 Å². The summed E-state index contributed by atoms with van der Waals surface area (Å²) >= 11 is 0. The first-order valence-electron chi connectivity index (χ1n) is 4.36. The number of hydrogen-bond donors (Lipinski definition) is 1. The molecule has 78 valence electrons. The van der Waals surface area contributed by atoms with Gasteiger partial charge in [0.15, 0.2) is 0 Å². The van der Waals surface area contributed by atoms with Gasteiger partial charge in [-0.3, -0.25) is 0 Å². The molecule has 0 spiro atoms. The van der Waals surface area contributed by atoms with Crippen LogP contribution in [0.4, 0.5) is 4.39 Å². The number of nitrogens with two attached hydrogens (primary N) is 1. The van der Waals surface area contributed by atoms with E-state index in [1.807, 2.05) is 0 Å². The van der Waals surface area contributed by atoms with Gasteiger partial charge in [0.1, 0.15) is 5.82 Å². The summed E-state index contributed by atoms with van der Waals surface area (Å²) in [5.74, 6) is -0.223. The van der Waals surface area contributed by atoms with Gasteiger partial charge in [-0.2, -0.15) is 0 Å². The van der Waals surface area contributed by atoms with Crippen LogP contribution in [-0.4, -0.2) is 0 Å². The minimum atomic E-state index is -0.223. The van der Waals surface area contributed by atoms with E-state index in [0.717, 1.165) is 12.8 Å². The Labute approximate surface area is 90.2 Å². The molecule has 0 amide bonds. The molecule has 3 heteroatoms. The Bertz CT molecular complexity index is 288. The lowest BCUT2D eigenvalue weighted by molar-refractivity contribution is 0.566. The minimum Gasteiger partial charge on any atom is -0.324 e. The van der Waals surface area contributed by atoms with Gasteiger partial charge < -0.3 is 5.73 Å². The van der Waals surface area contributed by atoms with Crippen LogP contribution in [0.5, 0.6) is 0 Å². The van der Waals surface area contributed by atoms with Gasteiger partial charge in [0.2, 0.25) is 0 Å². The first kappa shape index (κ1) is 13.1. The van der Waals surface area contributed by atoms with E-state index in [1.165, 1.54) is 6.07 Å². The summed E-state index contributed by atoms with van der Waals surface area (Å²) in [5.41, 5.74) is 6.38. The number of rotatable bonds is 4. The summed E-state index contributed by atoms with van der Waals surface area (Å²) < 4.78 is 13.2. The van der Waals surface area contributed by atoms with Crippen molar-refractivity contribution in [2.45, 2.75) is 18.9 Å². The van der Waals surface area contributed by atoms with Crippen molar-refractivity contribution in [2.24, 2.45) is 5.73 Å². The topological polar surface area (TPSA) is 26.0 Å². The standard InChI is InChI=1S/C11H14FN.ClH/c1-2-3-8-11(13)9-6-4-5-7-10(9)12;/h2,4-7,11H,1,3,8,13H2;1H/t11-;/m0./s1. The second-order valence-electron chi connectivity index (χ2n) is 2.99. The molecule has 0 bridgehead atoms. The molecule has 0 aliphatic heterocycles. The monoisotopic (exact) mass is 215 g/mol. The second kappa shape index (κ2) is 6.57. The molecule has 0 saturated carbocycles. The summed E-state index contributed by atoms with van der Waals surface area (Å²) in [7, 11) is 0. The minimum absolute atomic E-state index is 0. The SMILES string of the molecule is C=CCC[C@H](N)c1ccccc1F.Cl. The largest absolute Gasteiger partial charge is 0.324 e. The molecular weight excluding hydrogens is 201 g/mol. The molecule has 0 unspecified atom stereocenters. The molecule has 1 aromatic rings. The Morgan fingerprint density at radius 2 is 2.07 bits per heavy atom. The Morgan fingerprint density at radius 3 is 2.64 bits per heavy atom. The van der Waals surface area contributed by atoms with E-state index in [1.54, 1.807) is 24.3 Å². The van der Waals surface area contributed by atoms with Crippen molar-refractivity contribution in [3.05, 3.63) is 48.3 Å². The molecule has 0 radical (unpaired) electrons. The third kappa shape index (κ3) is 3.48. The highest BCUT2D eigenvalue weighted by molar-refractivity contribution is 5.85. The fraction of sp³-hybridized carbons (Fsp3) is 0.273. The van der Waals surface area contributed by atoms with Crippen LogP contribution in [0.15, 0.2) is 36.9 Å². The van der Waals surface area contributed by atoms with Gasteiger partial charge in [-0.1, -0.05) is 24.3 Å². The highest BCUT2D eigenvalue weighted by atomic mass is 35.5. The van der Waals surface area contributed by atoms with E-state index >= 15 is 0 Å². The predicted molar refractivity (Wildman–Crippen MR) is 60.0 cm³/mol. The molecular formula is C11H15ClFN. The zero-order valence-corrected chi connectivity index (χ0v) is 8.77. The van der Waals surface area contributed by atoms with Crippen LogP contribution < -0.4 is 5.73 Å². The van der Waals surface area contributed by atoms with Crippen molar-refractivity contribution in [2.75, 3.05) is 0 Å². The molecule has 1 aromatic carbocycles. The maximum atomic E-state index is 13.2. The highest BCUT2D eigenvalue weighted by Gasteiger charge is 2.08. The normalized spacial score (nSPS) is 11.6. The van der Waals surface area contributed by atoms with Crippen LogP contribution >= 0.6 is 12.4 Å². The second-order valence-corrected chi connectivity index (χ2v) is 2.99. The van der Waals surface area contributed by atoms with E-state index in [2.05, 4.69) is 6.58 Å². The third-order valence-corrected chi connectivity index (χ3v) is 1.99. The Morgan fingerprint density at radius 1 is 1.43 bits per heavy atom. The van der Waals surface area contributed by atoms with Crippen molar-refractivity contribution >= 4 is 12.4 Å². The van der Waals surface area contributed by atoms with Gasteiger partial charge in [0.25, 0.3) is 0 Å². The summed E-state index contributed by atoms with van der Waals surface area (Å²) in [5, 5.41) is 0. The number of halogens is 2. The molecule has 0 fully saturated rings. The third-order valence-electron chi connectivity index (χ3n) is 1.99. The summed E-state index contributed by atoms with van der Waals surface area (Å²) in [4.78, 5) is 0. The van der Waals surface area contributed by atoms with Crippen molar-refractivity contribution in [1.29, 1.82) is 0 Å². The molecule has 14 heavy (non-hydrogen) atoms. The van der Waals surface area contributed by atoms with E-state index in [-0.39, 0.29) is 24.3 Å². The molecule has 0 aliphatic rings. The van der Waals surface area contributed by atoms with Crippen molar-refractivity contribution < 1.29 is 4.39 Å². The molecule has 1 rings (SSSR count). The smallest absolute Gasteiger partial charge is 0.127 e. The predicted octanol–water partition coefficient (Wildman–Crippen LogP) is 3.21. The zero-order chi connectivity index (χ0) is 9.68. The van der Waals surface area contributed by atoms with E-state index in [9.17, 15) is 4.39 Å². The Kier molecular flexibility index (Phi) is 6.17. The number of hydrogen-bond acceptors (Lipinski definition) is 1. The van der Waals surface area contributed by atoms with Gasteiger partial charge in [0.05, 0.1) is 0 Å². The summed E-state index contributed by atoms with van der Waals surface area (Å²) in [6, 6.07) is 6.40. The zero-order valence-electron chi connectivity index (χ0n) is 7.95. The Balaban J connectivity index is 0.00000169. The number of allylic oxidation sites excluding steroid dienone is 1. The fourth-order valence-electron chi connectivity index (χ4n) is 1.23. The molecule has 0 heterocycles. The first-order chi connectivity index (χ1) is 6.25. The van der Waals surface area contributed by atoms with E-state index < -0.39 is 0 Å². The lowest BCUT2D eigenvalue weighted by Crippen LogP contribution is -2.11. The average molecular weight is 216 g/mol. The molecule has 2 N–H and O–H groups in total. The lowest BCUT2D eigenvalue weighted by Gasteiger charge is -2.10. The highest BCUT2D eigenvalue weighted by Crippen LogP contribution is 2.18. The maximum absolute atomic E-state index is 13.2. The van der Waals surface area contributed by atoms with Crippen LogP contribution in [-0.2, 0) is 0 Å². The van der Waals surface area contributed by atoms with Crippen LogP contribution in [0.3, 0.4) is 0 Å². The van der Waals surface area contributed by atoms with Crippen LogP contribution in [0.1, 0.15) is 24.4 Å². The summed E-state index contributed by atoms with van der Waals surface area (Å²) in [6.07, 6.45) is 3.35. The van der Waals surface area contributed by atoms with Crippen molar-refractivity contribution in [3.8, 4) is 0 Å². The van der Waals surface area contributed by atoms with E-state index in [0.29, 0.717) is 5.56 Å². The lowest BCUT2D eigenvalue weighted by atomic mass is 10.0. The van der Waals surface area contributed by atoms with Gasteiger partial charge in [0, 0.05) is 11.6 Å². The van der Waals surface area contributed by atoms with Crippen molar-refractivity contribution in [1.82, 2.24) is 0 Å². The van der Waals surface area contributed by atoms with Crippen molar-refractivity contribution in [3.63, 3.8) is 0 Å². The molecule has 0 aliphatic carbocycles. The van der Waals surface area contributed by atoms with E-state index in [4.69, 9.17) is 5.73 Å². The average Bonchev–Trinajstić information content (AvgIpc) is 2.15. The molecule has 0 saturated heterocycles. The maximum Gasteiger partial charge on any atom is 0.127 e. The Hall–Kier alpha value is -0.860. The molecule has 1 atom stereocenters. The van der Waals surface area contributed by atoms with Crippen LogP contribution in [0.2, 0.25) is 0 Å². The fourth-order valence-corrected chi connectivity index (χ4v) is 1.23. The first-order valence-corrected chi connectivity index (χ1v) is 4.36. The van der Waals surface area contributed by atoms with Crippen LogP contribution in [0.25, 0.3) is 0 Å². The van der Waals surface area contributed by atoms with Gasteiger partial charge in [-0.05, 0) is 18.9 Å². The molecule has 1 nitrogen and oxygen atoms in total. The van der Waals surface area contributed by atoms with Gasteiger partial charge >= 0.3 is 0 Å².